The van der Waals surface area contributed by atoms with E-state index in [1.54, 1.807) is 24.9 Å². The van der Waals surface area contributed by atoms with Gasteiger partial charge >= 0.3 is 5.97 Å². The zero-order valence-corrected chi connectivity index (χ0v) is 19.7. The lowest BCUT2D eigenvalue weighted by Gasteiger charge is -2.42. The molecule has 2 aliphatic heterocycles. The predicted molar refractivity (Wildman–Crippen MR) is 121 cm³/mol. The van der Waals surface area contributed by atoms with Gasteiger partial charge in [0, 0.05) is 38.3 Å². The molecule has 1 aromatic carbocycles. The van der Waals surface area contributed by atoms with Crippen molar-refractivity contribution >= 4 is 22.7 Å². The van der Waals surface area contributed by atoms with Gasteiger partial charge in [-0.25, -0.2) is 14.2 Å². The van der Waals surface area contributed by atoms with Gasteiger partial charge in [0.05, 0.1) is 30.7 Å². The van der Waals surface area contributed by atoms with Gasteiger partial charge in [0.1, 0.15) is 35.7 Å². The smallest absolute Gasteiger partial charge is 0.335 e. The Balaban J connectivity index is 1.48. The molecule has 4 N–H and O–H groups in total. The van der Waals surface area contributed by atoms with Gasteiger partial charge in [-0.2, -0.15) is 5.06 Å². The monoisotopic (exact) mass is 498 g/mol. The van der Waals surface area contributed by atoms with Crippen molar-refractivity contribution in [2.45, 2.75) is 56.8 Å². The van der Waals surface area contributed by atoms with Gasteiger partial charge in [0.25, 0.3) is 0 Å². The van der Waals surface area contributed by atoms with Crippen molar-refractivity contribution in [3.8, 4) is 5.75 Å². The summed E-state index contributed by atoms with van der Waals surface area (Å²) in [6.45, 7) is 4.98. The second-order valence-corrected chi connectivity index (χ2v) is 8.84. The minimum absolute atomic E-state index is 0.361. The van der Waals surface area contributed by atoms with Crippen LogP contribution in [0.25, 0.3) is 11.0 Å². The summed E-state index contributed by atoms with van der Waals surface area (Å²) in [5, 5.41) is 40.7. The van der Waals surface area contributed by atoms with E-state index in [1.165, 1.54) is 12.0 Å². The number of anilines is 1. The Morgan fingerprint density at radius 3 is 2.43 bits per heavy atom. The van der Waals surface area contributed by atoms with Gasteiger partial charge in [-0.1, -0.05) is 0 Å². The SMILES string of the molecule is COc1cc(N2CCN(O[C@@H]3O[C@H](C(=O)O)[C@@H](O)[C@H](O)[C@H]3O)CC2)c2ncn([C@@H](C)[C@@H](C)F)c2c1. The van der Waals surface area contributed by atoms with E-state index in [-0.39, 0.29) is 0 Å². The van der Waals surface area contributed by atoms with Gasteiger partial charge in [0.2, 0.25) is 6.29 Å². The number of nitrogens with zero attached hydrogens (tertiary/aromatic N) is 4. The zero-order chi connectivity index (χ0) is 25.4. The first kappa shape index (κ1) is 25.5. The third-order valence-electron chi connectivity index (χ3n) is 6.62. The van der Waals surface area contributed by atoms with Crippen LogP contribution in [0.3, 0.4) is 0 Å². The maximum absolute atomic E-state index is 14.0. The number of aromatic nitrogens is 2. The highest BCUT2D eigenvalue weighted by molar-refractivity contribution is 5.91. The van der Waals surface area contributed by atoms with Crippen LogP contribution in [0.2, 0.25) is 0 Å². The lowest BCUT2D eigenvalue weighted by Crippen LogP contribution is -2.62. The third kappa shape index (κ3) is 4.92. The summed E-state index contributed by atoms with van der Waals surface area (Å²) in [5.74, 6) is -0.863. The number of carboxylic acid groups (broad SMARTS) is 1. The molecule has 13 heteroatoms. The largest absolute Gasteiger partial charge is 0.497 e. The lowest BCUT2D eigenvalue weighted by molar-refractivity contribution is -0.356. The Kier molecular flexibility index (Phi) is 7.45. The van der Waals surface area contributed by atoms with Crippen LogP contribution < -0.4 is 9.64 Å². The van der Waals surface area contributed by atoms with E-state index in [0.717, 1.165) is 11.2 Å². The van der Waals surface area contributed by atoms with E-state index < -0.39 is 48.9 Å². The number of hydroxylamine groups is 2. The highest BCUT2D eigenvalue weighted by atomic mass is 19.1. The number of hydrogen-bond donors (Lipinski definition) is 4. The molecule has 2 fully saturated rings. The highest BCUT2D eigenvalue weighted by Gasteiger charge is 2.48. The maximum Gasteiger partial charge on any atom is 0.335 e. The number of benzene rings is 1. The van der Waals surface area contributed by atoms with E-state index in [0.29, 0.717) is 37.4 Å². The topological polar surface area (TPSA) is 150 Å². The number of aliphatic hydroxyl groups is 3. The number of alkyl halides is 1. The summed E-state index contributed by atoms with van der Waals surface area (Å²) < 4.78 is 26.4. The van der Waals surface area contributed by atoms with Crippen molar-refractivity contribution in [3.63, 3.8) is 0 Å². The molecule has 1 aromatic heterocycles. The molecule has 12 nitrogen and oxygen atoms in total. The number of imidazole rings is 1. The molecular weight excluding hydrogens is 467 g/mol. The Morgan fingerprint density at radius 2 is 1.83 bits per heavy atom. The molecule has 0 spiro atoms. The number of aliphatic hydroxyl groups excluding tert-OH is 3. The first-order valence-electron chi connectivity index (χ1n) is 11.4. The van der Waals surface area contributed by atoms with E-state index in [9.17, 15) is 29.6 Å². The van der Waals surface area contributed by atoms with Crippen LogP contribution in [-0.2, 0) is 14.4 Å². The molecule has 7 atom stereocenters. The van der Waals surface area contributed by atoms with Crippen LogP contribution in [0.5, 0.6) is 5.75 Å². The molecular formula is C22H31FN4O8. The fourth-order valence-electron chi connectivity index (χ4n) is 4.32. The number of carboxylic acids is 1. The van der Waals surface area contributed by atoms with Gasteiger partial charge in [0.15, 0.2) is 6.10 Å². The summed E-state index contributed by atoms with van der Waals surface area (Å²) in [6, 6.07) is 3.28. The molecule has 0 radical (unpaired) electrons. The zero-order valence-electron chi connectivity index (χ0n) is 19.7. The second-order valence-electron chi connectivity index (χ2n) is 8.84. The standard InChI is InChI=1S/C22H31FN4O8/c1-11(23)12(2)27-10-24-16-14(8-13(33-3)9-15(16)27)25-4-6-26(7-5-25)35-22-19(30)17(28)18(29)20(34-22)21(31)32/h8-12,17-20,22,28-30H,4-7H2,1-3H3,(H,31,32)/t11-,12+,17+,18+,19-,20+,22+/m1/s1. The molecule has 3 heterocycles. The van der Waals surface area contributed by atoms with Gasteiger partial charge in [-0.3, -0.25) is 4.84 Å². The molecule has 0 saturated carbocycles. The van der Waals surface area contributed by atoms with Crippen molar-refractivity contribution in [3.05, 3.63) is 18.5 Å². The Hall–Kier alpha value is -2.55. The summed E-state index contributed by atoms with van der Waals surface area (Å²) in [7, 11) is 1.56. The highest BCUT2D eigenvalue weighted by Crippen LogP contribution is 2.34. The third-order valence-corrected chi connectivity index (χ3v) is 6.62. The molecule has 4 rings (SSSR count). The molecule has 0 amide bonds. The molecule has 2 saturated heterocycles. The van der Waals surface area contributed by atoms with Crippen molar-refractivity contribution < 1.29 is 43.9 Å². The quantitative estimate of drug-likeness (QED) is 0.406. The normalized spacial score (nSPS) is 29.8. The van der Waals surface area contributed by atoms with Crippen LogP contribution in [0.1, 0.15) is 19.9 Å². The van der Waals surface area contributed by atoms with Crippen molar-refractivity contribution in [1.29, 1.82) is 0 Å². The molecule has 194 valence electrons. The van der Waals surface area contributed by atoms with E-state index in [2.05, 4.69) is 9.88 Å². The summed E-state index contributed by atoms with van der Waals surface area (Å²) >= 11 is 0. The van der Waals surface area contributed by atoms with Gasteiger partial charge in [-0.15, -0.1) is 0 Å². The van der Waals surface area contributed by atoms with E-state index in [4.69, 9.17) is 14.3 Å². The van der Waals surface area contributed by atoms with Gasteiger partial charge in [-0.05, 0) is 13.8 Å². The minimum Gasteiger partial charge on any atom is -0.497 e. The molecule has 2 aromatic rings. The van der Waals surface area contributed by atoms with Crippen LogP contribution in [0.15, 0.2) is 18.5 Å². The van der Waals surface area contributed by atoms with Crippen LogP contribution in [0, 0.1) is 0 Å². The van der Waals surface area contributed by atoms with Crippen LogP contribution in [0.4, 0.5) is 10.1 Å². The summed E-state index contributed by atoms with van der Waals surface area (Å²) in [5.41, 5.74) is 2.27. The Labute approximate surface area is 201 Å². The molecule has 0 unspecified atom stereocenters. The van der Waals surface area contributed by atoms with E-state index in [1.807, 2.05) is 12.1 Å². The number of carbonyl (C=O) groups is 1. The molecule has 2 aliphatic rings. The van der Waals surface area contributed by atoms with Crippen molar-refractivity contribution in [2.75, 3.05) is 38.2 Å². The minimum atomic E-state index is -1.78. The first-order valence-corrected chi connectivity index (χ1v) is 11.4. The fraction of sp³-hybridized carbons (Fsp3) is 0.636. The summed E-state index contributed by atoms with van der Waals surface area (Å²) in [4.78, 5) is 23.5. The van der Waals surface area contributed by atoms with Crippen LogP contribution in [-0.4, -0.2) is 111 Å². The molecule has 0 bridgehead atoms. The lowest BCUT2D eigenvalue weighted by atomic mass is 9.99. The second kappa shape index (κ2) is 10.2. The number of halogens is 1. The predicted octanol–water partition coefficient (Wildman–Crippen LogP) is -0.0903. The molecule has 0 aliphatic carbocycles. The Bertz CT molecular complexity index is 1040. The number of piperazine rings is 1. The number of fused-ring (bicyclic) bond motifs is 1. The molecule has 35 heavy (non-hydrogen) atoms. The average Bonchev–Trinajstić information content (AvgIpc) is 3.27. The number of methoxy groups -OCH3 is 1. The van der Waals surface area contributed by atoms with Crippen molar-refractivity contribution in [2.24, 2.45) is 0 Å². The average molecular weight is 499 g/mol. The van der Waals surface area contributed by atoms with Crippen LogP contribution >= 0.6 is 0 Å². The number of hydrogen-bond acceptors (Lipinski definition) is 10. The fourth-order valence-corrected chi connectivity index (χ4v) is 4.32. The van der Waals surface area contributed by atoms with E-state index >= 15 is 0 Å². The number of aliphatic carboxylic acids is 1. The maximum atomic E-state index is 14.0. The number of rotatable bonds is 7. The van der Waals surface area contributed by atoms with Crippen molar-refractivity contribution in [1.82, 2.24) is 14.6 Å². The Morgan fingerprint density at radius 1 is 1.14 bits per heavy atom. The number of ether oxygens (including phenoxy) is 2. The summed E-state index contributed by atoms with van der Waals surface area (Å²) in [6.07, 6.45) is -7.77. The van der Waals surface area contributed by atoms with Gasteiger partial charge < -0.3 is 39.4 Å². The first-order chi connectivity index (χ1) is 16.6.